The fourth-order valence-electron chi connectivity index (χ4n) is 1.85. The van der Waals surface area contributed by atoms with E-state index < -0.39 is 0 Å². The number of nitrogens with zero attached hydrogens (tertiary/aromatic N) is 1. The molecule has 15 heavy (non-hydrogen) atoms. The molecular formula is C11H17N3O. The highest BCUT2D eigenvalue weighted by Crippen LogP contribution is 2.28. The van der Waals surface area contributed by atoms with E-state index in [9.17, 15) is 4.79 Å². The summed E-state index contributed by atoms with van der Waals surface area (Å²) in [6.07, 6.45) is 6.72. The zero-order valence-corrected chi connectivity index (χ0v) is 9.05. The molecule has 0 spiro atoms. The van der Waals surface area contributed by atoms with Crippen molar-refractivity contribution in [2.75, 3.05) is 6.54 Å². The van der Waals surface area contributed by atoms with Crippen molar-refractivity contribution < 1.29 is 4.79 Å². The number of hydrogen-bond acceptors (Lipinski definition) is 2. The van der Waals surface area contributed by atoms with Gasteiger partial charge in [0.05, 0.1) is 11.8 Å². The van der Waals surface area contributed by atoms with Gasteiger partial charge in [-0.15, -0.1) is 0 Å². The van der Waals surface area contributed by atoms with Gasteiger partial charge in [0.15, 0.2) is 0 Å². The Morgan fingerprint density at radius 1 is 1.67 bits per heavy atom. The number of carbonyl (C=O) groups excluding carboxylic acids is 1. The monoisotopic (exact) mass is 207 g/mol. The Balaban J connectivity index is 1.74. The predicted molar refractivity (Wildman–Crippen MR) is 57.6 cm³/mol. The lowest BCUT2D eigenvalue weighted by Gasteiger charge is -2.25. The van der Waals surface area contributed by atoms with Crippen molar-refractivity contribution in [1.29, 1.82) is 0 Å². The molecule has 1 heterocycles. The number of amides is 1. The fraction of sp³-hybridized carbons (Fsp3) is 0.636. The maximum Gasteiger partial charge on any atom is 0.254 e. The van der Waals surface area contributed by atoms with Gasteiger partial charge in [0, 0.05) is 12.2 Å². The summed E-state index contributed by atoms with van der Waals surface area (Å²) >= 11 is 0. The number of nitrogens with one attached hydrogen (secondary N) is 2. The number of H-pyrrole nitrogens is 1. The molecule has 4 heteroatoms. The Labute approximate surface area is 89.5 Å². The summed E-state index contributed by atoms with van der Waals surface area (Å²) in [7, 11) is 0. The van der Waals surface area contributed by atoms with Gasteiger partial charge < -0.3 is 5.32 Å². The molecule has 2 rings (SSSR count). The summed E-state index contributed by atoms with van der Waals surface area (Å²) in [4.78, 5) is 11.6. The van der Waals surface area contributed by atoms with Crippen LogP contribution in [0.4, 0.5) is 0 Å². The first kappa shape index (κ1) is 10.2. The number of aromatic nitrogens is 2. The average Bonchev–Trinajstić information content (AvgIpc) is 2.55. The highest BCUT2D eigenvalue weighted by Gasteiger charge is 2.17. The highest BCUT2D eigenvalue weighted by atomic mass is 16.1. The van der Waals surface area contributed by atoms with Gasteiger partial charge in [-0.1, -0.05) is 19.3 Å². The second kappa shape index (κ2) is 4.47. The molecule has 0 saturated heterocycles. The molecular weight excluding hydrogens is 190 g/mol. The second-order valence-corrected chi connectivity index (χ2v) is 4.25. The third kappa shape index (κ3) is 2.37. The van der Waals surface area contributed by atoms with Crippen LogP contribution in [0, 0.1) is 12.8 Å². The smallest absolute Gasteiger partial charge is 0.254 e. The summed E-state index contributed by atoms with van der Waals surface area (Å²) in [6.45, 7) is 2.64. The van der Waals surface area contributed by atoms with E-state index in [1.165, 1.54) is 19.3 Å². The zero-order valence-electron chi connectivity index (χ0n) is 9.05. The minimum atomic E-state index is -0.0134. The Morgan fingerprint density at radius 3 is 3.00 bits per heavy atom. The van der Waals surface area contributed by atoms with Gasteiger partial charge in [0.25, 0.3) is 5.91 Å². The van der Waals surface area contributed by atoms with Crippen LogP contribution >= 0.6 is 0 Å². The fourth-order valence-corrected chi connectivity index (χ4v) is 1.85. The van der Waals surface area contributed by atoms with E-state index >= 15 is 0 Å². The van der Waals surface area contributed by atoms with Crippen molar-refractivity contribution in [1.82, 2.24) is 15.5 Å². The molecule has 0 aliphatic heterocycles. The second-order valence-electron chi connectivity index (χ2n) is 4.25. The summed E-state index contributed by atoms with van der Waals surface area (Å²) in [5, 5.41) is 9.51. The summed E-state index contributed by atoms with van der Waals surface area (Å²) < 4.78 is 0. The van der Waals surface area contributed by atoms with Crippen molar-refractivity contribution in [2.45, 2.75) is 32.6 Å². The van der Waals surface area contributed by atoms with Crippen LogP contribution < -0.4 is 5.32 Å². The molecule has 4 nitrogen and oxygen atoms in total. The minimum Gasteiger partial charge on any atom is -0.352 e. The van der Waals surface area contributed by atoms with Gasteiger partial charge in [-0.2, -0.15) is 5.10 Å². The molecule has 1 aliphatic carbocycles. The zero-order chi connectivity index (χ0) is 10.7. The molecule has 2 N–H and O–H groups in total. The molecule has 1 aliphatic rings. The lowest BCUT2D eigenvalue weighted by Crippen LogP contribution is -2.27. The van der Waals surface area contributed by atoms with E-state index in [0.717, 1.165) is 24.6 Å². The molecule has 1 saturated carbocycles. The third-order valence-corrected chi connectivity index (χ3v) is 3.14. The normalized spacial score (nSPS) is 16.1. The van der Waals surface area contributed by atoms with Crippen LogP contribution in [0.2, 0.25) is 0 Å². The molecule has 1 fully saturated rings. The summed E-state index contributed by atoms with van der Waals surface area (Å²) in [6, 6.07) is 0. The maximum atomic E-state index is 11.6. The lowest BCUT2D eigenvalue weighted by atomic mass is 9.83. The van der Waals surface area contributed by atoms with E-state index in [0.29, 0.717) is 5.56 Å². The van der Waals surface area contributed by atoms with E-state index in [2.05, 4.69) is 15.5 Å². The molecule has 0 unspecified atom stereocenters. The minimum absolute atomic E-state index is 0.0134. The number of hydrogen-bond donors (Lipinski definition) is 2. The lowest BCUT2D eigenvalue weighted by molar-refractivity contribution is 0.0948. The van der Waals surface area contributed by atoms with Gasteiger partial charge >= 0.3 is 0 Å². The number of aryl methyl sites for hydroxylation is 1. The summed E-state index contributed by atoms with van der Waals surface area (Å²) in [5.41, 5.74) is 1.49. The van der Waals surface area contributed by atoms with Crippen LogP contribution in [-0.2, 0) is 0 Å². The summed E-state index contributed by atoms with van der Waals surface area (Å²) in [5.74, 6) is 0.830. The van der Waals surface area contributed by atoms with Gasteiger partial charge in [0.1, 0.15) is 0 Å². The SMILES string of the molecule is Cc1[nH]ncc1C(=O)NCCC1CCC1. The Hall–Kier alpha value is -1.32. The average molecular weight is 207 g/mol. The molecule has 0 radical (unpaired) electrons. The maximum absolute atomic E-state index is 11.6. The van der Waals surface area contributed by atoms with Crippen molar-refractivity contribution in [3.05, 3.63) is 17.5 Å². The van der Waals surface area contributed by atoms with Crippen LogP contribution in [-0.4, -0.2) is 22.6 Å². The number of rotatable bonds is 4. The third-order valence-electron chi connectivity index (χ3n) is 3.14. The van der Waals surface area contributed by atoms with Gasteiger partial charge in [-0.25, -0.2) is 0 Å². The van der Waals surface area contributed by atoms with Gasteiger partial charge in [0.2, 0.25) is 0 Å². The van der Waals surface area contributed by atoms with Crippen molar-refractivity contribution in [3.8, 4) is 0 Å². The Morgan fingerprint density at radius 2 is 2.47 bits per heavy atom. The standard InChI is InChI=1S/C11H17N3O/c1-8-10(7-13-14-8)11(15)12-6-5-9-3-2-4-9/h7,9H,2-6H2,1H3,(H,12,15)(H,13,14). The molecule has 0 atom stereocenters. The van der Waals surface area contributed by atoms with Crippen LogP contribution in [0.5, 0.6) is 0 Å². The quantitative estimate of drug-likeness (QED) is 0.788. The van der Waals surface area contributed by atoms with E-state index in [4.69, 9.17) is 0 Å². The van der Waals surface area contributed by atoms with E-state index in [1.54, 1.807) is 6.20 Å². The van der Waals surface area contributed by atoms with E-state index in [-0.39, 0.29) is 5.91 Å². The Bertz CT molecular complexity index is 341. The van der Waals surface area contributed by atoms with Crippen LogP contribution in [0.15, 0.2) is 6.20 Å². The number of aromatic amines is 1. The Kier molecular flexibility index (Phi) is 3.04. The molecule has 82 valence electrons. The number of carbonyl (C=O) groups is 1. The molecule has 1 aromatic heterocycles. The van der Waals surface area contributed by atoms with Crippen molar-refractivity contribution in [3.63, 3.8) is 0 Å². The van der Waals surface area contributed by atoms with Crippen molar-refractivity contribution >= 4 is 5.91 Å². The molecule has 1 amide bonds. The van der Waals surface area contributed by atoms with Gasteiger partial charge in [-0.3, -0.25) is 9.89 Å². The van der Waals surface area contributed by atoms with E-state index in [1.807, 2.05) is 6.92 Å². The first-order chi connectivity index (χ1) is 7.27. The molecule has 0 bridgehead atoms. The largest absolute Gasteiger partial charge is 0.352 e. The molecule has 0 aromatic carbocycles. The topological polar surface area (TPSA) is 57.8 Å². The van der Waals surface area contributed by atoms with Crippen LogP contribution in [0.25, 0.3) is 0 Å². The van der Waals surface area contributed by atoms with Gasteiger partial charge in [-0.05, 0) is 19.3 Å². The van der Waals surface area contributed by atoms with Crippen LogP contribution in [0.1, 0.15) is 41.7 Å². The predicted octanol–water partition coefficient (Wildman–Crippen LogP) is 1.64. The highest BCUT2D eigenvalue weighted by molar-refractivity contribution is 5.94. The first-order valence-corrected chi connectivity index (χ1v) is 5.55. The molecule has 1 aromatic rings. The first-order valence-electron chi connectivity index (χ1n) is 5.55. The van der Waals surface area contributed by atoms with Crippen LogP contribution in [0.3, 0.4) is 0 Å². The van der Waals surface area contributed by atoms with Crippen molar-refractivity contribution in [2.24, 2.45) is 5.92 Å².